The average Bonchev–Trinajstić information content (AvgIpc) is 2.92. The molecule has 4 nitrogen and oxygen atoms in total. The number of carbonyl (C=O) groups excluding carboxylic acids is 2. The Morgan fingerprint density at radius 3 is 2.67 bits per heavy atom. The fourth-order valence-electron chi connectivity index (χ4n) is 3.31. The molecule has 0 aromatic heterocycles. The first-order valence-corrected chi connectivity index (χ1v) is 9.18. The lowest BCUT2D eigenvalue weighted by molar-refractivity contribution is -0.126. The van der Waals surface area contributed by atoms with E-state index in [0.717, 1.165) is 30.6 Å². The van der Waals surface area contributed by atoms with Gasteiger partial charge in [-0.05, 0) is 31.9 Å². The normalized spacial score (nSPS) is 17.4. The van der Waals surface area contributed by atoms with Gasteiger partial charge in [0.2, 0.25) is 11.8 Å². The van der Waals surface area contributed by atoms with Crippen molar-refractivity contribution in [2.45, 2.75) is 59.3 Å². The van der Waals surface area contributed by atoms with Crippen molar-refractivity contribution >= 4 is 17.5 Å². The van der Waals surface area contributed by atoms with E-state index in [0.29, 0.717) is 13.0 Å². The van der Waals surface area contributed by atoms with Crippen molar-refractivity contribution in [3.05, 3.63) is 29.3 Å². The van der Waals surface area contributed by atoms with E-state index in [2.05, 4.69) is 18.3 Å². The van der Waals surface area contributed by atoms with E-state index in [1.54, 1.807) is 4.90 Å². The van der Waals surface area contributed by atoms with Crippen LogP contribution in [0.15, 0.2) is 18.2 Å². The van der Waals surface area contributed by atoms with Crippen LogP contribution in [0.1, 0.15) is 56.6 Å². The Labute approximate surface area is 145 Å². The molecule has 4 heteroatoms. The van der Waals surface area contributed by atoms with Gasteiger partial charge in [0, 0.05) is 25.2 Å². The highest BCUT2D eigenvalue weighted by atomic mass is 16.2. The van der Waals surface area contributed by atoms with Crippen LogP contribution in [0.25, 0.3) is 0 Å². The van der Waals surface area contributed by atoms with Gasteiger partial charge >= 0.3 is 0 Å². The van der Waals surface area contributed by atoms with Crippen LogP contribution >= 0.6 is 0 Å². The molecule has 1 aromatic rings. The van der Waals surface area contributed by atoms with E-state index in [1.165, 1.54) is 24.8 Å². The van der Waals surface area contributed by atoms with Gasteiger partial charge in [-0.15, -0.1) is 0 Å². The molecule has 1 atom stereocenters. The fraction of sp³-hybridized carbons (Fsp3) is 0.600. The van der Waals surface area contributed by atoms with Crippen LogP contribution in [0, 0.1) is 19.8 Å². The molecule has 24 heavy (non-hydrogen) atoms. The largest absolute Gasteiger partial charge is 0.356 e. The van der Waals surface area contributed by atoms with E-state index in [1.807, 2.05) is 26.0 Å². The predicted octanol–water partition coefficient (Wildman–Crippen LogP) is 3.74. The Hall–Kier alpha value is -1.84. The number of hydrogen-bond acceptors (Lipinski definition) is 2. The van der Waals surface area contributed by atoms with Crippen LogP contribution in [0.4, 0.5) is 5.69 Å². The lowest BCUT2D eigenvalue weighted by atomic mass is 10.1. The van der Waals surface area contributed by atoms with Crippen molar-refractivity contribution in [2.24, 2.45) is 5.92 Å². The van der Waals surface area contributed by atoms with Crippen LogP contribution in [0.2, 0.25) is 0 Å². The first-order valence-electron chi connectivity index (χ1n) is 9.18. The Balaban J connectivity index is 1.84. The van der Waals surface area contributed by atoms with Crippen molar-refractivity contribution in [2.75, 3.05) is 18.0 Å². The minimum Gasteiger partial charge on any atom is -0.356 e. The Bertz CT molecular complexity index is 583. The fourth-order valence-corrected chi connectivity index (χ4v) is 3.31. The number of amides is 2. The van der Waals surface area contributed by atoms with Crippen LogP contribution in [-0.2, 0) is 9.59 Å². The maximum atomic E-state index is 12.3. The first-order chi connectivity index (χ1) is 11.5. The van der Waals surface area contributed by atoms with Gasteiger partial charge < -0.3 is 10.2 Å². The number of unbranched alkanes of at least 4 members (excludes halogenated alkanes) is 4. The first kappa shape index (κ1) is 18.5. The summed E-state index contributed by atoms with van der Waals surface area (Å²) in [5.74, 6) is -0.162. The quantitative estimate of drug-likeness (QED) is 0.738. The van der Waals surface area contributed by atoms with Gasteiger partial charge in [-0.2, -0.15) is 0 Å². The number of nitrogens with one attached hydrogen (secondary N) is 1. The molecule has 0 radical (unpaired) electrons. The molecule has 2 amide bonds. The Kier molecular flexibility index (Phi) is 6.83. The number of aryl methyl sites for hydroxylation is 2. The molecule has 132 valence electrons. The third-order valence-corrected chi connectivity index (χ3v) is 4.72. The molecule has 0 bridgehead atoms. The molecular weight excluding hydrogens is 300 g/mol. The predicted molar refractivity (Wildman–Crippen MR) is 98.1 cm³/mol. The third-order valence-electron chi connectivity index (χ3n) is 4.72. The van der Waals surface area contributed by atoms with Gasteiger partial charge in [0.05, 0.1) is 5.92 Å². The van der Waals surface area contributed by atoms with E-state index in [9.17, 15) is 9.59 Å². The SMILES string of the molecule is CCCCCCCNC(=O)C1CC(=O)N(c2ccc(C)cc2C)C1. The minimum atomic E-state index is -0.228. The van der Waals surface area contributed by atoms with Gasteiger partial charge in [0.15, 0.2) is 0 Å². The smallest absolute Gasteiger partial charge is 0.227 e. The number of nitrogens with zero attached hydrogens (tertiary/aromatic N) is 1. The summed E-state index contributed by atoms with van der Waals surface area (Å²) in [5.41, 5.74) is 3.20. The second-order valence-electron chi connectivity index (χ2n) is 6.90. The van der Waals surface area contributed by atoms with E-state index in [-0.39, 0.29) is 17.7 Å². The van der Waals surface area contributed by atoms with E-state index in [4.69, 9.17) is 0 Å². The highest BCUT2D eigenvalue weighted by Crippen LogP contribution is 2.28. The Morgan fingerprint density at radius 1 is 1.21 bits per heavy atom. The van der Waals surface area contributed by atoms with Crippen molar-refractivity contribution in [1.82, 2.24) is 5.32 Å². The molecule has 1 saturated heterocycles. The second-order valence-corrected chi connectivity index (χ2v) is 6.90. The topological polar surface area (TPSA) is 49.4 Å². The van der Waals surface area contributed by atoms with Crippen LogP contribution in [0.5, 0.6) is 0 Å². The number of benzene rings is 1. The van der Waals surface area contributed by atoms with Gasteiger partial charge in [-0.25, -0.2) is 0 Å². The molecule has 1 N–H and O–H groups in total. The Morgan fingerprint density at radius 2 is 1.96 bits per heavy atom. The van der Waals surface area contributed by atoms with Crippen molar-refractivity contribution in [3.8, 4) is 0 Å². The average molecular weight is 330 g/mol. The zero-order valence-corrected chi connectivity index (χ0v) is 15.2. The van der Waals surface area contributed by atoms with Crippen LogP contribution < -0.4 is 10.2 Å². The molecular formula is C20H30N2O2. The molecule has 2 rings (SSSR count). The molecule has 1 fully saturated rings. The van der Waals surface area contributed by atoms with Gasteiger partial charge in [0.1, 0.15) is 0 Å². The minimum absolute atomic E-state index is 0.0195. The number of carbonyl (C=O) groups is 2. The standard InChI is InChI=1S/C20H30N2O2/c1-4-5-6-7-8-11-21-20(24)17-13-19(23)22(14-17)18-10-9-15(2)12-16(18)3/h9-10,12,17H,4-8,11,13-14H2,1-3H3,(H,21,24). The maximum Gasteiger partial charge on any atom is 0.227 e. The van der Waals surface area contributed by atoms with Crippen LogP contribution in [-0.4, -0.2) is 24.9 Å². The summed E-state index contributed by atoms with van der Waals surface area (Å²) in [4.78, 5) is 26.4. The number of anilines is 1. The summed E-state index contributed by atoms with van der Waals surface area (Å²) in [7, 11) is 0. The monoisotopic (exact) mass is 330 g/mol. The molecule has 1 unspecified atom stereocenters. The van der Waals surface area contributed by atoms with Gasteiger partial charge in [-0.3, -0.25) is 9.59 Å². The lowest BCUT2D eigenvalue weighted by Gasteiger charge is -2.19. The van der Waals surface area contributed by atoms with Crippen molar-refractivity contribution in [1.29, 1.82) is 0 Å². The maximum absolute atomic E-state index is 12.3. The number of rotatable bonds is 8. The molecule has 1 heterocycles. The van der Waals surface area contributed by atoms with Crippen molar-refractivity contribution in [3.63, 3.8) is 0 Å². The second kappa shape index (κ2) is 8.86. The number of hydrogen-bond donors (Lipinski definition) is 1. The molecule has 0 aliphatic carbocycles. The summed E-state index contributed by atoms with van der Waals surface area (Å²) in [6, 6.07) is 6.07. The van der Waals surface area contributed by atoms with E-state index < -0.39 is 0 Å². The lowest BCUT2D eigenvalue weighted by Crippen LogP contribution is -2.33. The summed E-state index contributed by atoms with van der Waals surface area (Å²) >= 11 is 0. The molecule has 1 aromatic carbocycles. The molecule has 1 aliphatic heterocycles. The van der Waals surface area contributed by atoms with E-state index >= 15 is 0 Å². The highest BCUT2D eigenvalue weighted by Gasteiger charge is 2.35. The summed E-state index contributed by atoms with van der Waals surface area (Å²) < 4.78 is 0. The summed E-state index contributed by atoms with van der Waals surface area (Å²) in [6.45, 7) is 7.46. The third kappa shape index (κ3) is 4.83. The molecule has 0 spiro atoms. The zero-order chi connectivity index (χ0) is 17.5. The van der Waals surface area contributed by atoms with Crippen LogP contribution in [0.3, 0.4) is 0 Å². The highest BCUT2D eigenvalue weighted by molar-refractivity contribution is 6.00. The summed E-state index contributed by atoms with van der Waals surface area (Å²) in [5, 5.41) is 3.00. The van der Waals surface area contributed by atoms with Gasteiger partial charge in [-0.1, -0.05) is 50.3 Å². The summed E-state index contributed by atoms with van der Waals surface area (Å²) in [6.07, 6.45) is 6.21. The molecule has 1 aliphatic rings. The van der Waals surface area contributed by atoms with Gasteiger partial charge in [0.25, 0.3) is 0 Å². The van der Waals surface area contributed by atoms with Crippen molar-refractivity contribution < 1.29 is 9.59 Å². The zero-order valence-electron chi connectivity index (χ0n) is 15.2. The molecule has 0 saturated carbocycles.